The molecule has 0 amide bonds. The van der Waals surface area contributed by atoms with Crippen molar-refractivity contribution in [2.24, 2.45) is 0 Å². The molecule has 0 aliphatic carbocycles. The van der Waals surface area contributed by atoms with Crippen molar-refractivity contribution in [2.45, 2.75) is 0 Å². The number of fused-ring (bicyclic) bond motifs is 9. The molecule has 0 fully saturated rings. The molecule has 0 N–H and O–H groups in total. The highest BCUT2D eigenvalue weighted by Crippen LogP contribution is 2.41. The molecular formula is C68H44N2O. The highest BCUT2D eigenvalue weighted by Gasteiger charge is 2.17. The molecule has 2 heterocycles. The summed E-state index contributed by atoms with van der Waals surface area (Å²) >= 11 is 0. The maximum Gasteiger partial charge on any atom is 0.136 e. The summed E-state index contributed by atoms with van der Waals surface area (Å²) in [6.07, 6.45) is 0. The highest BCUT2D eigenvalue weighted by molar-refractivity contribution is 6.10. The van der Waals surface area contributed by atoms with Crippen LogP contribution in [0.5, 0.6) is 0 Å². The van der Waals surface area contributed by atoms with Gasteiger partial charge in [0.05, 0.1) is 11.0 Å². The maximum atomic E-state index is 6.28. The van der Waals surface area contributed by atoms with E-state index in [2.05, 4.69) is 264 Å². The molecule has 0 saturated carbocycles. The van der Waals surface area contributed by atoms with Crippen molar-refractivity contribution in [2.75, 3.05) is 4.90 Å². The Kier molecular flexibility index (Phi) is 9.53. The monoisotopic (exact) mass is 904 g/mol. The third kappa shape index (κ3) is 7.06. The first-order valence-electron chi connectivity index (χ1n) is 24.3. The Morgan fingerprint density at radius 3 is 1.39 bits per heavy atom. The molecule has 0 spiro atoms. The standard InChI is InChI=1S/C68H44N2O/c1-2-16-59-48(11-1)23-24-54-42-52(31-39-60(54)59)51-14-10-15-58(43-51)69(56-35-27-47(28-36-56)53-32-40-64-63-19-5-8-22-67(63)71-68(64)44-53)55-33-25-45(26-34-55)49-12-9-13-50(41-49)46-29-37-57(38-30-46)70-65-20-6-3-17-61(65)62-18-4-7-21-66(62)70/h1-44H. The number of para-hydroxylation sites is 3. The summed E-state index contributed by atoms with van der Waals surface area (Å²) in [7, 11) is 0. The predicted molar refractivity (Wildman–Crippen MR) is 299 cm³/mol. The SMILES string of the molecule is c1cc(-c2ccc(N(c3ccc(-c4ccc5c(c4)oc4ccccc45)cc3)c3cccc(-c4ccc5c(ccc6ccccc65)c4)c3)cc2)cc(-c2ccc(-n3c4ccccc4c4ccccc43)cc2)c1. The second-order valence-corrected chi connectivity index (χ2v) is 18.5. The van der Waals surface area contributed by atoms with Gasteiger partial charge >= 0.3 is 0 Å². The molecule has 332 valence electrons. The van der Waals surface area contributed by atoms with Gasteiger partial charge in [0.1, 0.15) is 11.2 Å². The van der Waals surface area contributed by atoms with Crippen LogP contribution in [0, 0.1) is 0 Å². The number of aromatic nitrogens is 1. The first-order chi connectivity index (χ1) is 35.2. The van der Waals surface area contributed by atoms with Crippen LogP contribution in [0.25, 0.3) is 115 Å². The van der Waals surface area contributed by atoms with Crippen LogP contribution in [-0.2, 0) is 0 Å². The first kappa shape index (κ1) is 40.6. The average Bonchev–Trinajstić information content (AvgIpc) is 3.99. The molecule has 0 saturated heterocycles. The second kappa shape index (κ2) is 16.7. The minimum absolute atomic E-state index is 0.895. The summed E-state index contributed by atoms with van der Waals surface area (Å²) in [6.45, 7) is 0. The molecule has 2 aromatic heterocycles. The van der Waals surface area contributed by atoms with Gasteiger partial charge in [0.2, 0.25) is 0 Å². The lowest BCUT2D eigenvalue weighted by Gasteiger charge is -2.26. The number of benzene rings is 12. The lowest BCUT2D eigenvalue weighted by Crippen LogP contribution is -2.10. The Labute approximate surface area is 411 Å². The number of nitrogens with zero attached hydrogens (tertiary/aromatic N) is 2. The molecule has 3 heteroatoms. The predicted octanol–water partition coefficient (Wildman–Crippen LogP) is 19.1. The smallest absolute Gasteiger partial charge is 0.136 e. The van der Waals surface area contributed by atoms with Crippen molar-refractivity contribution in [3.05, 3.63) is 267 Å². The van der Waals surface area contributed by atoms with Crippen LogP contribution in [-0.4, -0.2) is 4.57 Å². The number of furan rings is 1. The number of hydrogen-bond acceptors (Lipinski definition) is 2. The zero-order valence-corrected chi connectivity index (χ0v) is 38.7. The van der Waals surface area contributed by atoms with Crippen molar-refractivity contribution in [3.63, 3.8) is 0 Å². The summed E-state index contributed by atoms with van der Waals surface area (Å²) in [5.41, 5.74) is 17.9. The van der Waals surface area contributed by atoms with Gasteiger partial charge in [-0.05, 0) is 157 Å². The summed E-state index contributed by atoms with van der Waals surface area (Å²) in [5, 5.41) is 9.84. The van der Waals surface area contributed by atoms with E-state index in [1.54, 1.807) is 0 Å². The quantitative estimate of drug-likeness (QED) is 0.142. The Bertz CT molecular complexity index is 4280. The van der Waals surface area contributed by atoms with E-state index in [1.807, 2.05) is 12.1 Å². The van der Waals surface area contributed by atoms with Crippen molar-refractivity contribution in [3.8, 4) is 50.2 Å². The number of anilines is 3. The second-order valence-electron chi connectivity index (χ2n) is 18.5. The topological polar surface area (TPSA) is 21.3 Å². The van der Waals surface area contributed by atoms with Crippen molar-refractivity contribution >= 4 is 82.4 Å². The number of rotatable bonds is 8. The third-order valence-electron chi connectivity index (χ3n) is 14.4. The molecule has 0 aliphatic rings. The Morgan fingerprint density at radius 2 is 0.718 bits per heavy atom. The lowest BCUT2D eigenvalue weighted by atomic mass is 9.97. The molecule has 12 aromatic carbocycles. The van der Waals surface area contributed by atoms with E-state index in [0.717, 1.165) is 66.9 Å². The molecule has 3 nitrogen and oxygen atoms in total. The molecule has 0 bridgehead atoms. The van der Waals surface area contributed by atoms with Gasteiger partial charge in [-0.15, -0.1) is 0 Å². The van der Waals surface area contributed by atoms with Crippen LogP contribution < -0.4 is 4.90 Å². The number of hydrogen-bond donors (Lipinski definition) is 0. The van der Waals surface area contributed by atoms with E-state index in [4.69, 9.17) is 4.42 Å². The molecule has 0 aliphatic heterocycles. The van der Waals surface area contributed by atoms with Gasteiger partial charge in [-0.25, -0.2) is 0 Å². The van der Waals surface area contributed by atoms with Crippen LogP contribution >= 0.6 is 0 Å². The van der Waals surface area contributed by atoms with E-state index in [-0.39, 0.29) is 0 Å². The Balaban J connectivity index is 0.807. The van der Waals surface area contributed by atoms with Crippen LogP contribution in [0.15, 0.2) is 271 Å². The molecule has 0 unspecified atom stereocenters. The zero-order chi connectivity index (χ0) is 46.8. The van der Waals surface area contributed by atoms with Crippen molar-refractivity contribution in [1.82, 2.24) is 4.57 Å². The van der Waals surface area contributed by atoms with E-state index in [1.165, 1.54) is 65.6 Å². The minimum Gasteiger partial charge on any atom is -0.456 e. The Morgan fingerprint density at radius 1 is 0.254 bits per heavy atom. The fourth-order valence-electron chi connectivity index (χ4n) is 10.9. The van der Waals surface area contributed by atoms with Gasteiger partial charge in [0.25, 0.3) is 0 Å². The summed E-state index contributed by atoms with van der Waals surface area (Å²) in [6, 6.07) is 96.8. The molecule has 14 aromatic rings. The van der Waals surface area contributed by atoms with Crippen LogP contribution in [0.1, 0.15) is 0 Å². The van der Waals surface area contributed by atoms with E-state index in [9.17, 15) is 0 Å². The van der Waals surface area contributed by atoms with Gasteiger partial charge in [0.15, 0.2) is 0 Å². The molecule has 0 radical (unpaired) electrons. The normalized spacial score (nSPS) is 11.7. The van der Waals surface area contributed by atoms with Crippen LogP contribution in [0.4, 0.5) is 17.1 Å². The van der Waals surface area contributed by atoms with Crippen LogP contribution in [0.3, 0.4) is 0 Å². The highest BCUT2D eigenvalue weighted by atomic mass is 16.3. The van der Waals surface area contributed by atoms with E-state index < -0.39 is 0 Å². The fourth-order valence-corrected chi connectivity index (χ4v) is 10.9. The minimum atomic E-state index is 0.895. The summed E-state index contributed by atoms with van der Waals surface area (Å²) in [4.78, 5) is 2.36. The largest absolute Gasteiger partial charge is 0.456 e. The van der Waals surface area contributed by atoms with Gasteiger partial charge in [-0.1, -0.05) is 176 Å². The molecule has 14 rings (SSSR count). The summed E-state index contributed by atoms with van der Waals surface area (Å²) < 4.78 is 8.65. The third-order valence-corrected chi connectivity index (χ3v) is 14.4. The molecule has 71 heavy (non-hydrogen) atoms. The Hall–Kier alpha value is -9.44. The van der Waals surface area contributed by atoms with Crippen molar-refractivity contribution < 1.29 is 4.42 Å². The van der Waals surface area contributed by atoms with Gasteiger partial charge in [0, 0.05) is 44.3 Å². The van der Waals surface area contributed by atoms with E-state index in [0.29, 0.717) is 0 Å². The average molecular weight is 905 g/mol. The zero-order valence-electron chi connectivity index (χ0n) is 38.7. The maximum absolute atomic E-state index is 6.28. The van der Waals surface area contributed by atoms with Gasteiger partial charge in [-0.3, -0.25) is 0 Å². The fraction of sp³-hybridized carbons (Fsp3) is 0. The molecular weight excluding hydrogens is 861 g/mol. The lowest BCUT2D eigenvalue weighted by molar-refractivity contribution is 0.669. The van der Waals surface area contributed by atoms with Gasteiger partial charge in [-0.2, -0.15) is 0 Å². The van der Waals surface area contributed by atoms with E-state index >= 15 is 0 Å². The van der Waals surface area contributed by atoms with Crippen molar-refractivity contribution in [1.29, 1.82) is 0 Å². The summed E-state index contributed by atoms with van der Waals surface area (Å²) in [5.74, 6) is 0. The van der Waals surface area contributed by atoms with Gasteiger partial charge < -0.3 is 13.9 Å². The van der Waals surface area contributed by atoms with Crippen LogP contribution in [0.2, 0.25) is 0 Å². The molecule has 0 atom stereocenters. The first-order valence-corrected chi connectivity index (χ1v) is 24.3.